The smallest absolute Gasteiger partial charge is 0.200 e. The van der Waals surface area contributed by atoms with E-state index in [9.17, 15) is 10.2 Å². The molecule has 0 spiro atoms. The average Bonchev–Trinajstić information content (AvgIpc) is 2.92. The molecule has 2 unspecified atom stereocenters. The maximum Gasteiger partial charge on any atom is 0.200 e. The summed E-state index contributed by atoms with van der Waals surface area (Å²) in [6.07, 6.45) is -1.73. The number of ether oxygens (including phenoxy) is 1. The molecule has 0 aliphatic rings. The molecule has 3 rings (SSSR count). The van der Waals surface area contributed by atoms with Gasteiger partial charge >= 0.3 is 0 Å². The van der Waals surface area contributed by atoms with Crippen molar-refractivity contribution >= 4 is 26.8 Å². The average molecular weight is 377 g/mol. The first-order valence-electron chi connectivity index (χ1n) is 7.18. The summed E-state index contributed by atoms with van der Waals surface area (Å²) in [6.45, 7) is 1.70. The lowest BCUT2D eigenvalue weighted by Crippen LogP contribution is -2.03. The first kappa shape index (κ1) is 16.1. The van der Waals surface area contributed by atoms with Crippen molar-refractivity contribution in [3.63, 3.8) is 0 Å². The van der Waals surface area contributed by atoms with E-state index in [1.54, 1.807) is 11.6 Å². The number of aliphatic hydroxyl groups excluding tert-OH is 2. The molecule has 0 radical (unpaired) electrons. The summed E-state index contributed by atoms with van der Waals surface area (Å²) in [5.41, 5.74) is 2.88. The number of rotatable bonds is 4. The number of methoxy groups -OCH3 is 1. The molecule has 0 amide bonds. The number of hydrogen-bond donors (Lipinski definition) is 2. The summed E-state index contributed by atoms with van der Waals surface area (Å²) < 4.78 is 7.72. The minimum Gasteiger partial charge on any atom is -0.389 e. The molecule has 0 aliphatic heterocycles. The molecule has 6 heteroatoms. The topological polar surface area (TPSA) is 67.5 Å². The lowest BCUT2D eigenvalue weighted by molar-refractivity contribution is -0.0790. The van der Waals surface area contributed by atoms with Crippen molar-refractivity contribution in [2.24, 2.45) is 0 Å². The van der Waals surface area contributed by atoms with E-state index >= 15 is 0 Å². The third-order valence-corrected chi connectivity index (χ3v) is 4.22. The van der Waals surface area contributed by atoms with E-state index in [2.05, 4.69) is 21.0 Å². The highest BCUT2D eigenvalue weighted by Crippen LogP contribution is 2.30. The molecule has 0 saturated carbocycles. The normalized spacial score (nSPS) is 14.1. The number of aromatic nitrogens is 2. The van der Waals surface area contributed by atoms with E-state index in [1.807, 2.05) is 42.5 Å². The Balaban J connectivity index is 2.27. The van der Waals surface area contributed by atoms with Crippen LogP contribution in [0, 0.1) is 0 Å². The molecule has 120 valence electrons. The van der Waals surface area contributed by atoms with Crippen LogP contribution in [0.1, 0.15) is 30.6 Å². The Morgan fingerprint density at radius 2 is 1.96 bits per heavy atom. The molecule has 0 fully saturated rings. The van der Waals surface area contributed by atoms with Gasteiger partial charge in [-0.15, -0.1) is 0 Å². The van der Waals surface area contributed by atoms with Crippen molar-refractivity contribution in [3.05, 3.63) is 58.2 Å². The Labute approximate surface area is 142 Å². The van der Waals surface area contributed by atoms with E-state index in [0.717, 1.165) is 26.6 Å². The molecule has 23 heavy (non-hydrogen) atoms. The maximum atomic E-state index is 10.1. The van der Waals surface area contributed by atoms with Crippen molar-refractivity contribution in [1.82, 2.24) is 9.78 Å². The second-order valence-corrected chi connectivity index (χ2v) is 6.23. The number of aliphatic hydroxyl groups is 2. The lowest BCUT2D eigenvalue weighted by Gasteiger charge is -2.07. The van der Waals surface area contributed by atoms with Crippen LogP contribution in [-0.4, -0.2) is 27.1 Å². The van der Waals surface area contributed by atoms with Crippen molar-refractivity contribution in [1.29, 1.82) is 0 Å². The molecule has 2 atom stereocenters. The van der Waals surface area contributed by atoms with E-state index in [-0.39, 0.29) is 0 Å². The zero-order chi connectivity index (χ0) is 16.6. The summed E-state index contributed by atoms with van der Waals surface area (Å²) in [7, 11) is 1.42. The third kappa shape index (κ3) is 3.03. The van der Waals surface area contributed by atoms with Gasteiger partial charge in [0.1, 0.15) is 5.69 Å². The van der Waals surface area contributed by atoms with Crippen LogP contribution >= 0.6 is 15.9 Å². The number of hydrogen-bond acceptors (Lipinski definition) is 4. The van der Waals surface area contributed by atoms with Gasteiger partial charge in [0.05, 0.1) is 17.3 Å². The summed E-state index contributed by atoms with van der Waals surface area (Å²) in [5.74, 6) is 0. The molecule has 2 aromatic carbocycles. The molecule has 1 heterocycles. The molecule has 1 aromatic heterocycles. The zero-order valence-corrected chi connectivity index (χ0v) is 14.4. The van der Waals surface area contributed by atoms with Gasteiger partial charge in [0.25, 0.3) is 0 Å². The summed E-state index contributed by atoms with van der Waals surface area (Å²) in [4.78, 5) is 0. The predicted octanol–water partition coefficient (Wildman–Crippen LogP) is 3.48. The van der Waals surface area contributed by atoms with Crippen LogP contribution in [0.2, 0.25) is 0 Å². The summed E-state index contributed by atoms with van der Waals surface area (Å²) in [5, 5.41) is 25.2. The largest absolute Gasteiger partial charge is 0.389 e. The number of fused-ring (bicyclic) bond motifs is 1. The molecular formula is C17H17BrN2O3. The van der Waals surface area contributed by atoms with Gasteiger partial charge in [0.2, 0.25) is 6.29 Å². The first-order chi connectivity index (χ1) is 11.0. The van der Waals surface area contributed by atoms with Gasteiger partial charge in [0.15, 0.2) is 0 Å². The molecule has 3 aromatic rings. The van der Waals surface area contributed by atoms with E-state index in [1.165, 1.54) is 7.11 Å². The second kappa shape index (κ2) is 6.41. The Hall–Kier alpha value is -1.73. The van der Waals surface area contributed by atoms with Gasteiger partial charge in [-0.2, -0.15) is 5.10 Å². The highest BCUT2D eigenvalue weighted by Gasteiger charge is 2.19. The Bertz CT molecular complexity index is 845. The van der Waals surface area contributed by atoms with Gasteiger partial charge in [-0.25, -0.2) is 4.68 Å². The summed E-state index contributed by atoms with van der Waals surface area (Å²) >= 11 is 3.46. The van der Waals surface area contributed by atoms with Crippen LogP contribution in [0.3, 0.4) is 0 Å². The fraction of sp³-hybridized carbons (Fsp3) is 0.235. The fourth-order valence-electron chi connectivity index (χ4n) is 2.52. The number of nitrogens with zero attached hydrogens (tertiary/aromatic N) is 2. The zero-order valence-electron chi connectivity index (χ0n) is 12.8. The maximum absolute atomic E-state index is 10.1. The van der Waals surface area contributed by atoms with Crippen LogP contribution in [0.5, 0.6) is 0 Å². The Morgan fingerprint density at radius 3 is 2.61 bits per heavy atom. The van der Waals surface area contributed by atoms with Crippen molar-refractivity contribution < 1.29 is 14.9 Å². The number of halogens is 1. The minimum absolute atomic E-state index is 0.421. The van der Waals surface area contributed by atoms with Crippen LogP contribution in [0.4, 0.5) is 0 Å². The van der Waals surface area contributed by atoms with E-state index < -0.39 is 12.4 Å². The summed E-state index contributed by atoms with van der Waals surface area (Å²) in [6, 6.07) is 13.3. The van der Waals surface area contributed by atoms with Crippen LogP contribution in [0.15, 0.2) is 46.9 Å². The minimum atomic E-state index is -1.13. The van der Waals surface area contributed by atoms with Crippen molar-refractivity contribution in [3.8, 4) is 5.69 Å². The Morgan fingerprint density at radius 1 is 1.17 bits per heavy atom. The van der Waals surface area contributed by atoms with Crippen molar-refractivity contribution in [2.45, 2.75) is 19.3 Å². The van der Waals surface area contributed by atoms with Crippen LogP contribution in [0.25, 0.3) is 16.6 Å². The van der Waals surface area contributed by atoms with Crippen LogP contribution in [-0.2, 0) is 4.74 Å². The number of benzene rings is 2. The molecule has 5 nitrogen and oxygen atoms in total. The highest BCUT2D eigenvalue weighted by atomic mass is 79.9. The molecule has 0 bridgehead atoms. The molecule has 2 N–H and O–H groups in total. The Kier molecular flexibility index (Phi) is 4.50. The quantitative estimate of drug-likeness (QED) is 0.684. The lowest BCUT2D eigenvalue weighted by atomic mass is 10.1. The molecular weight excluding hydrogens is 360 g/mol. The van der Waals surface area contributed by atoms with Gasteiger partial charge in [-0.05, 0) is 42.8 Å². The predicted molar refractivity (Wildman–Crippen MR) is 91.4 cm³/mol. The van der Waals surface area contributed by atoms with Gasteiger partial charge in [0, 0.05) is 17.0 Å². The third-order valence-electron chi connectivity index (χ3n) is 3.72. The van der Waals surface area contributed by atoms with Crippen LogP contribution < -0.4 is 0 Å². The molecule has 0 saturated heterocycles. The van der Waals surface area contributed by atoms with Gasteiger partial charge in [-0.3, -0.25) is 0 Å². The van der Waals surface area contributed by atoms with E-state index in [0.29, 0.717) is 5.69 Å². The highest BCUT2D eigenvalue weighted by molar-refractivity contribution is 9.10. The van der Waals surface area contributed by atoms with E-state index in [4.69, 9.17) is 4.74 Å². The van der Waals surface area contributed by atoms with Crippen molar-refractivity contribution in [2.75, 3.05) is 7.11 Å². The monoisotopic (exact) mass is 376 g/mol. The first-order valence-corrected chi connectivity index (χ1v) is 7.98. The second-order valence-electron chi connectivity index (χ2n) is 5.32. The van der Waals surface area contributed by atoms with Gasteiger partial charge in [-0.1, -0.05) is 28.1 Å². The SMILES string of the molecule is COC(O)c1nn(-c2cccc(Br)c2)c2ccc(C(C)O)cc12. The fourth-order valence-corrected chi connectivity index (χ4v) is 2.90. The molecule has 0 aliphatic carbocycles. The standard InChI is InChI=1S/C17H17BrN2O3/c1-10(21)11-6-7-15-14(8-11)16(17(22)23-2)19-20(15)13-5-3-4-12(18)9-13/h3-10,17,21-22H,1-2H3. The van der Waals surface area contributed by atoms with Gasteiger partial charge < -0.3 is 14.9 Å².